The number of alkyl halides is 3. The number of nitrogens with one attached hydrogen (secondary N) is 1. The number of rotatable bonds is 5. The lowest BCUT2D eigenvalue weighted by Crippen LogP contribution is -2.25. The van der Waals surface area contributed by atoms with E-state index in [0.29, 0.717) is 16.6 Å². The molecular weight excluding hydrogens is 471 g/mol. The third-order valence-corrected chi connectivity index (χ3v) is 7.40. The Morgan fingerprint density at radius 1 is 1.30 bits per heavy atom. The summed E-state index contributed by atoms with van der Waals surface area (Å²) in [4.78, 5) is 30.2. The fourth-order valence-corrected chi connectivity index (χ4v) is 5.90. The van der Waals surface area contributed by atoms with Gasteiger partial charge in [-0.25, -0.2) is 4.98 Å². The van der Waals surface area contributed by atoms with Crippen LogP contribution >= 0.6 is 23.1 Å². The number of aldehydes is 1. The molecule has 0 fully saturated rings. The summed E-state index contributed by atoms with van der Waals surface area (Å²) in [5, 5.41) is 4.14. The molecule has 0 bridgehead atoms. The predicted molar refractivity (Wildman–Crippen MR) is 129 cm³/mol. The van der Waals surface area contributed by atoms with Crippen LogP contribution in [-0.2, 0) is 23.8 Å². The molecule has 0 radical (unpaired) electrons. The molecule has 2 aromatic heterocycles. The lowest BCUT2D eigenvalue weighted by Gasteiger charge is -2.14. The topological polar surface area (TPSA) is 64.0 Å². The summed E-state index contributed by atoms with van der Waals surface area (Å²) >= 11 is 2.98. The van der Waals surface area contributed by atoms with Crippen LogP contribution in [0.15, 0.2) is 28.2 Å². The largest absolute Gasteiger partial charge is 0.416 e. The number of halogens is 3. The maximum absolute atomic E-state index is 12.8. The molecule has 10 heteroatoms. The highest BCUT2D eigenvalue weighted by Gasteiger charge is 2.32. The molecule has 0 aliphatic heterocycles. The summed E-state index contributed by atoms with van der Waals surface area (Å²) in [6.07, 6.45) is -0.226. The van der Waals surface area contributed by atoms with Crippen molar-refractivity contribution in [2.24, 2.45) is 0 Å². The average molecular weight is 498 g/mol. The second-order valence-electron chi connectivity index (χ2n) is 7.96. The van der Waals surface area contributed by atoms with Crippen molar-refractivity contribution in [3.8, 4) is 0 Å². The summed E-state index contributed by atoms with van der Waals surface area (Å²) in [6.45, 7) is 5.40. The van der Waals surface area contributed by atoms with E-state index in [4.69, 9.17) is 0 Å². The van der Waals surface area contributed by atoms with Gasteiger partial charge >= 0.3 is 6.18 Å². The summed E-state index contributed by atoms with van der Waals surface area (Å²) in [5.74, 6) is 0.329. The van der Waals surface area contributed by atoms with E-state index in [0.717, 1.165) is 41.8 Å². The minimum atomic E-state index is -4.27. The van der Waals surface area contributed by atoms with Gasteiger partial charge in [-0.2, -0.15) is 13.2 Å². The molecule has 0 spiro atoms. The first-order valence-corrected chi connectivity index (χ1v) is 12.4. The molecule has 1 aliphatic rings. The highest BCUT2D eigenvalue weighted by molar-refractivity contribution is 7.99. The molecule has 0 amide bonds. The number of thiophene rings is 1. The first-order valence-electron chi connectivity index (χ1n) is 10.6. The Kier molecular flexibility index (Phi) is 7.89. The lowest BCUT2D eigenvalue weighted by molar-refractivity contribution is -0.138. The predicted octanol–water partition coefficient (Wildman–Crippen LogP) is 5.87. The number of aryl methyl sites for hydroxylation is 3. The zero-order chi connectivity index (χ0) is 24.3. The molecule has 4 rings (SSSR count). The van der Waals surface area contributed by atoms with Crippen molar-refractivity contribution in [3.63, 3.8) is 0 Å². The number of hydrogen-bond acceptors (Lipinski definition) is 6. The molecule has 33 heavy (non-hydrogen) atoms. The van der Waals surface area contributed by atoms with Gasteiger partial charge in [0, 0.05) is 23.7 Å². The fraction of sp³-hybridized carbons (Fsp3) is 0.435. The molecule has 0 saturated carbocycles. The average Bonchev–Trinajstić information content (AvgIpc) is 3.32. The molecule has 0 unspecified atom stereocenters. The monoisotopic (exact) mass is 497 g/mol. The summed E-state index contributed by atoms with van der Waals surface area (Å²) in [6, 6.07) is 4.22. The number of nitrogens with zero attached hydrogens (tertiary/aromatic N) is 2. The van der Waals surface area contributed by atoms with E-state index in [-0.39, 0.29) is 17.2 Å². The Hall–Kier alpha value is -2.33. The van der Waals surface area contributed by atoms with Crippen LogP contribution in [0.2, 0.25) is 0 Å². The van der Waals surface area contributed by atoms with Crippen molar-refractivity contribution in [1.29, 1.82) is 0 Å². The van der Waals surface area contributed by atoms with Gasteiger partial charge in [0.1, 0.15) is 11.1 Å². The first-order chi connectivity index (χ1) is 15.6. The highest BCUT2D eigenvalue weighted by Crippen LogP contribution is 2.36. The van der Waals surface area contributed by atoms with E-state index in [2.05, 4.69) is 10.3 Å². The van der Waals surface area contributed by atoms with E-state index >= 15 is 0 Å². The van der Waals surface area contributed by atoms with Gasteiger partial charge in [-0.15, -0.1) is 11.3 Å². The molecule has 5 nitrogen and oxygen atoms in total. The van der Waals surface area contributed by atoms with E-state index < -0.39 is 11.7 Å². The van der Waals surface area contributed by atoms with Crippen molar-refractivity contribution >= 4 is 45.3 Å². The maximum atomic E-state index is 12.8. The van der Waals surface area contributed by atoms with Crippen LogP contribution in [0.3, 0.4) is 0 Å². The van der Waals surface area contributed by atoms with E-state index in [9.17, 15) is 22.8 Å². The molecule has 3 aromatic rings. The molecule has 0 saturated heterocycles. The highest BCUT2D eigenvalue weighted by atomic mass is 32.2. The number of carbonyl (C=O) groups excluding carboxylic acids is 1. The smallest absolute Gasteiger partial charge is 0.388 e. The molecule has 1 aliphatic carbocycles. The first kappa shape index (κ1) is 25.3. The van der Waals surface area contributed by atoms with Gasteiger partial charge in [0.05, 0.1) is 16.7 Å². The van der Waals surface area contributed by atoms with E-state index in [1.807, 2.05) is 13.8 Å². The van der Waals surface area contributed by atoms with Crippen molar-refractivity contribution in [2.45, 2.75) is 57.4 Å². The van der Waals surface area contributed by atoms with Crippen LogP contribution in [0.1, 0.15) is 47.9 Å². The van der Waals surface area contributed by atoms with Gasteiger partial charge in [-0.1, -0.05) is 17.8 Å². The summed E-state index contributed by atoms with van der Waals surface area (Å²) in [7, 11) is 1.59. The number of thioether (sulfide) groups is 1. The second-order valence-corrected chi connectivity index (χ2v) is 10.0. The number of hydrogen-bond donors (Lipinski definition) is 1. The maximum Gasteiger partial charge on any atom is 0.416 e. The van der Waals surface area contributed by atoms with Crippen LogP contribution in [0.25, 0.3) is 10.2 Å². The molecule has 2 heterocycles. The number of fused-ring (bicyclic) bond motifs is 3. The summed E-state index contributed by atoms with van der Waals surface area (Å²) < 4.78 is 38.7. The van der Waals surface area contributed by atoms with Gasteiger partial charge in [0.2, 0.25) is 0 Å². The Labute approximate surface area is 198 Å². The number of aromatic nitrogens is 2. The van der Waals surface area contributed by atoms with E-state index in [1.165, 1.54) is 35.2 Å². The van der Waals surface area contributed by atoms with Gasteiger partial charge in [0.15, 0.2) is 5.16 Å². The van der Waals surface area contributed by atoms with Crippen molar-refractivity contribution in [1.82, 2.24) is 9.55 Å². The molecule has 0 atom stereocenters. The summed E-state index contributed by atoms with van der Waals surface area (Å²) in [5.41, 5.74) is 1.39. The standard InChI is InChI=1S/C14H16N2O2S2.C9H10F3N/c1-8(2)16-13(18)11-9-4-3-5-10(9)20-12(11)15-14(16)19-7-6-17;1-6-3-4-7(13-2)5-8(6)9(10,11)12/h6,8H,3-5,7H2,1-2H3;3-5,13H,1-2H3. The Bertz CT molecular complexity index is 1220. The van der Waals surface area contributed by atoms with Crippen LogP contribution in [-0.4, -0.2) is 28.6 Å². The number of anilines is 1. The van der Waals surface area contributed by atoms with Crippen LogP contribution in [0, 0.1) is 6.92 Å². The third kappa shape index (κ3) is 5.43. The SMILES string of the molecule is CC(C)n1c(SCC=O)nc2sc3c(c2c1=O)CCC3.CNc1ccc(C)c(C(F)(F)F)c1. The fourth-order valence-electron chi connectivity index (χ4n) is 3.79. The van der Waals surface area contributed by atoms with Gasteiger partial charge in [-0.3, -0.25) is 9.36 Å². The Balaban J connectivity index is 0.000000205. The van der Waals surface area contributed by atoms with Crippen LogP contribution < -0.4 is 10.9 Å². The van der Waals surface area contributed by atoms with Crippen molar-refractivity contribution in [3.05, 3.63) is 50.1 Å². The third-order valence-electron chi connectivity index (χ3n) is 5.37. The minimum Gasteiger partial charge on any atom is -0.388 e. The second kappa shape index (κ2) is 10.3. The zero-order valence-corrected chi connectivity index (χ0v) is 20.5. The number of benzene rings is 1. The van der Waals surface area contributed by atoms with Crippen molar-refractivity contribution in [2.75, 3.05) is 18.1 Å². The zero-order valence-electron chi connectivity index (χ0n) is 18.9. The minimum absolute atomic E-state index is 0.0468. The normalized spacial score (nSPS) is 13.1. The lowest BCUT2D eigenvalue weighted by atomic mass is 10.1. The molecular formula is C23H26F3N3O2S2. The Morgan fingerprint density at radius 3 is 2.64 bits per heavy atom. The Morgan fingerprint density at radius 2 is 2.03 bits per heavy atom. The van der Waals surface area contributed by atoms with Gasteiger partial charge < -0.3 is 10.1 Å². The molecule has 178 valence electrons. The van der Waals surface area contributed by atoms with E-state index in [1.54, 1.807) is 29.0 Å². The van der Waals surface area contributed by atoms with Crippen LogP contribution in [0.4, 0.5) is 18.9 Å². The van der Waals surface area contributed by atoms with Crippen molar-refractivity contribution < 1.29 is 18.0 Å². The van der Waals surface area contributed by atoms with Gasteiger partial charge in [0.25, 0.3) is 5.56 Å². The molecule has 1 N–H and O–H groups in total. The van der Waals surface area contributed by atoms with Crippen LogP contribution in [0.5, 0.6) is 0 Å². The van der Waals surface area contributed by atoms with Gasteiger partial charge in [-0.05, 0) is 63.3 Å². The quantitative estimate of drug-likeness (QED) is 0.271. The number of carbonyl (C=O) groups is 1. The molecule has 1 aromatic carbocycles.